The van der Waals surface area contributed by atoms with Crippen molar-refractivity contribution in [3.8, 4) is 5.75 Å². The average Bonchev–Trinajstić information content (AvgIpc) is 3.05. The number of rotatable bonds is 16. The summed E-state index contributed by atoms with van der Waals surface area (Å²) >= 11 is 0.149. The van der Waals surface area contributed by atoms with E-state index in [2.05, 4.69) is 29.2 Å². The van der Waals surface area contributed by atoms with Crippen molar-refractivity contribution in [2.75, 3.05) is 20.2 Å². The number of fused-ring (bicyclic) bond motifs is 1. The predicted molar refractivity (Wildman–Crippen MR) is 183 cm³/mol. The molecule has 0 bridgehead atoms. The molecule has 278 valence electrons. The number of aliphatic hydroxyl groups excluding tert-OH is 1. The van der Waals surface area contributed by atoms with Crippen LogP contribution in [0.5, 0.6) is 5.75 Å². The van der Waals surface area contributed by atoms with E-state index < -0.39 is 54.0 Å². The van der Waals surface area contributed by atoms with Crippen molar-refractivity contribution in [3.63, 3.8) is 0 Å². The maximum atomic E-state index is 12.5. The topological polar surface area (TPSA) is 209 Å². The molecular formula is C35H52N2O12Sn. The van der Waals surface area contributed by atoms with E-state index in [1.165, 1.54) is 49.9 Å². The van der Waals surface area contributed by atoms with Gasteiger partial charge >= 0.3 is 87.2 Å². The normalized spacial score (nSPS) is 20.1. The molecular weight excluding hydrogens is 759 g/mol. The van der Waals surface area contributed by atoms with Crippen molar-refractivity contribution >= 4 is 50.1 Å². The van der Waals surface area contributed by atoms with Crippen LogP contribution in [0, 0.1) is 0 Å². The van der Waals surface area contributed by atoms with Crippen molar-refractivity contribution < 1.29 is 53.1 Å². The van der Waals surface area contributed by atoms with Gasteiger partial charge in [-0.15, -0.1) is 0 Å². The number of methoxy groups -OCH3 is 1. The van der Waals surface area contributed by atoms with Gasteiger partial charge in [-0.2, -0.15) is 0 Å². The first-order valence-corrected chi connectivity index (χ1v) is 21.1. The first-order valence-electron chi connectivity index (χ1n) is 17.1. The summed E-state index contributed by atoms with van der Waals surface area (Å²) in [6.07, 6.45) is -3.11. The van der Waals surface area contributed by atoms with Crippen LogP contribution >= 0.6 is 0 Å². The molecule has 1 aromatic heterocycles. The number of carbonyl (C=O) groups is 3. The Hall–Kier alpha value is -2.92. The summed E-state index contributed by atoms with van der Waals surface area (Å²) in [5.74, 6) is -1.40. The first-order chi connectivity index (χ1) is 23.7. The number of carbonyl (C=O) groups excluding carboxylic acids is 3. The third-order valence-electron chi connectivity index (χ3n) is 7.37. The summed E-state index contributed by atoms with van der Waals surface area (Å²) in [6.45, 7) is 10.6. The van der Waals surface area contributed by atoms with Gasteiger partial charge in [0.2, 0.25) is 5.91 Å². The van der Waals surface area contributed by atoms with Gasteiger partial charge in [-0.05, 0) is 57.4 Å². The van der Waals surface area contributed by atoms with Gasteiger partial charge in [0, 0.05) is 36.7 Å². The van der Waals surface area contributed by atoms with Gasteiger partial charge in [-0.3, -0.25) is 4.79 Å². The molecule has 1 saturated heterocycles. The van der Waals surface area contributed by atoms with Gasteiger partial charge in [-0.25, -0.2) is 14.4 Å². The Morgan fingerprint density at radius 3 is 2.20 bits per heavy atom. The summed E-state index contributed by atoms with van der Waals surface area (Å²) in [6, 6.07) is 5.40. The smallest absolute Gasteiger partial charge is 0.407 e. The predicted octanol–water partition coefficient (Wildman–Crippen LogP) is 1.98. The van der Waals surface area contributed by atoms with Crippen molar-refractivity contribution in [2.24, 2.45) is 0 Å². The van der Waals surface area contributed by atoms with Crippen LogP contribution in [0.2, 0.25) is 8.87 Å². The number of hydrogen-bond acceptors (Lipinski definition) is 12. The van der Waals surface area contributed by atoms with E-state index in [0.717, 1.165) is 7.11 Å². The van der Waals surface area contributed by atoms with E-state index in [9.17, 15) is 34.5 Å². The third-order valence-corrected chi connectivity index (χ3v) is 11.4. The van der Waals surface area contributed by atoms with Crippen molar-refractivity contribution in [3.05, 3.63) is 40.2 Å². The molecule has 14 nitrogen and oxygen atoms in total. The van der Waals surface area contributed by atoms with E-state index in [1.54, 1.807) is 29.6 Å². The molecule has 2 aromatic rings. The van der Waals surface area contributed by atoms with Crippen LogP contribution in [0.25, 0.3) is 11.0 Å². The molecule has 50 heavy (non-hydrogen) atoms. The number of ether oxygens (including phenoxy) is 4. The Morgan fingerprint density at radius 1 is 0.960 bits per heavy atom. The zero-order valence-corrected chi connectivity index (χ0v) is 32.8. The average molecular weight is 812 g/mol. The summed E-state index contributed by atoms with van der Waals surface area (Å²) in [4.78, 5) is 48.1. The SMILES string of the molecule is CCC[CH2][Sn+2][CH2]CCC.COC(=O)[C@@H]1O[C@@H](Oc2ccc3c(CC(=O)NCCCCNC(=O)OC(C)(C)C)cc(=O)oc3c2)[C@H]([O-])[C@@H](O)[C@@H]1[O-]. The number of amides is 2. The Morgan fingerprint density at radius 2 is 1.60 bits per heavy atom. The van der Waals surface area contributed by atoms with Crippen LogP contribution < -0.4 is 31.2 Å². The molecule has 2 heterocycles. The fraction of sp³-hybridized carbons (Fsp3) is 0.657. The number of unbranched alkanes of at least 4 members (excludes halogenated alkanes) is 3. The van der Waals surface area contributed by atoms with Crippen LogP contribution in [0.3, 0.4) is 0 Å². The summed E-state index contributed by atoms with van der Waals surface area (Å²) in [7, 11) is 1.03. The second kappa shape index (κ2) is 22.1. The largest absolute Gasteiger partial charge is 0.848 e. The number of benzene rings is 1. The minimum absolute atomic E-state index is 0.00624. The molecule has 3 N–H and O–H groups in total. The molecule has 2 amide bonds. The third kappa shape index (κ3) is 15.1. The molecule has 0 spiro atoms. The Labute approximate surface area is 303 Å². The van der Waals surface area contributed by atoms with Crippen LogP contribution in [-0.2, 0) is 30.2 Å². The Kier molecular flexibility index (Phi) is 19.1. The maximum Gasteiger partial charge on any atom is 0.407 e. The summed E-state index contributed by atoms with van der Waals surface area (Å²) in [5.41, 5.74) is -0.873. The fourth-order valence-corrected chi connectivity index (χ4v) is 8.90. The molecule has 1 fully saturated rings. The second-order valence-electron chi connectivity index (χ2n) is 12.9. The molecule has 0 saturated carbocycles. The quantitative estimate of drug-likeness (QED) is 0.0963. The molecule has 1 aliphatic heterocycles. The van der Waals surface area contributed by atoms with E-state index in [-0.39, 0.29) is 44.8 Å². The van der Waals surface area contributed by atoms with E-state index >= 15 is 0 Å². The monoisotopic (exact) mass is 812 g/mol. The standard InChI is InChI=1S/C27H34N2O12.2C4H9.Sn/c1-27(2,3)41-26(36)29-10-6-5-9-28-18(30)11-14-12-19(31)39-17-13-15(7-8-16(14)17)38-25-22(34)20(32)21(33)23(40-25)24(35)37-4;2*1-3-4-2;/h7-8,12-13,20-23,25,32H,5-6,9-11H2,1-4H3,(H,28,30)(H,29,36);2*1,3-4H2,2H3;/q-2;;;+2/t20-,21-,22+,23+,25+;;;/m0.../s1. The Balaban J connectivity index is 0.000000845. The molecule has 0 radical (unpaired) electrons. The molecule has 0 unspecified atom stereocenters. The molecule has 1 aromatic carbocycles. The molecule has 3 rings (SSSR count). The zero-order chi connectivity index (χ0) is 37.3. The van der Waals surface area contributed by atoms with Gasteiger partial charge in [0.1, 0.15) is 23.0 Å². The van der Waals surface area contributed by atoms with Gasteiger partial charge in [0.15, 0.2) is 6.29 Å². The van der Waals surface area contributed by atoms with Crippen LogP contribution in [0.15, 0.2) is 33.5 Å². The van der Waals surface area contributed by atoms with Crippen LogP contribution in [0.1, 0.15) is 78.7 Å². The fourth-order valence-electron chi connectivity index (χ4n) is 4.74. The second-order valence-corrected chi connectivity index (χ2v) is 17.1. The summed E-state index contributed by atoms with van der Waals surface area (Å²) in [5, 5.41) is 40.3. The zero-order valence-electron chi connectivity index (χ0n) is 29.9. The van der Waals surface area contributed by atoms with Crippen molar-refractivity contribution in [1.82, 2.24) is 10.6 Å². The molecule has 1 aliphatic rings. The van der Waals surface area contributed by atoms with Crippen LogP contribution in [0.4, 0.5) is 4.79 Å². The van der Waals surface area contributed by atoms with E-state index in [0.29, 0.717) is 36.9 Å². The van der Waals surface area contributed by atoms with Crippen molar-refractivity contribution in [1.29, 1.82) is 0 Å². The van der Waals surface area contributed by atoms with Gasteiger partial charge < -0.3 is 49.3 Å². The molecule has 5 atom stereocenters. The van der Waals surface area contributed by atoms with E-state index in [4.69, 9.17) is 18.6 Å². The molecule has 15 heteroatoms. The van der Waals surface area contributed by atoms with Crippen LogP contribution in [-0.4, -0.2) is 101 Å². The number of aliphatic hydroxyl groups is 1. The molecule has 0 aliphatic carbocycles. The number of hydrogen-bond donors (Lipinski definition) is 3. The summed E-state index contributed by atoms with van der Waals surface area (Å²) < 4.78 is 28.8. The maximum absolute atomic E-state index is 12.5. The van der Waals surface area contributed by atoms with Gasteiger partial charge in [0.25, 0.3) is 0 Å². The Bertz CT molecular complexity index is 1410. The van der Waals surface area contributed by atoms with Gasteiger partial charge in [-0.1, -0.05) is 6.10 Å². The van der Waals surface area contributed by atoms with Gasteiger partial charge in [0.05, 0.1) is 13.5 Å². The minimum Gasteiger partial charge on any atom is -0.848 e. The van der Waals surface area contributed by atoms with Crippen molar-refractivity contribution in [2.45, 2.75) is 125 Å². The number of alkyl carbamates (subject to hydrolysis) is 1. The number of esters is 1. The van der Waals surface area contributed by atoms with E-state index in [1.807, 2.05) is 0 Å². The first kappa shape index (κ1) is 43.2. The minimum atomic E-state index is -2.05. The number of nitrogens with one attached hydrogen (secondary N) is 2.